The average Bonchev–Trinajstić information content (AvgIpc) is 3.24. The molecule has 1 heterocycles. The third-order valence-corrected chi connectivity index (χ3v) is 7.64. The first-order chi connectivity index (χ1) is 16.6. The van der Waals surface area contributed by atoms with E-state index < -0.39 is 0 Å². The SMILES string of the molecule is CCCCCCCCCCC/C=C/CCCCCCCCC1NC=C[N+]1(CC)C(C)NC(C)=O. The maximum absolute atomic E-state index is 11.5. The molecule has 0 bridgehead atoms. The molecule has 2 N–H and O–H groups in total. The minimum atomic E-state index is 0.0517. The molecule has 0 fully saturated rings. The Labute approximate surface area is 212 Å². The minimum Gasteiger partial charge on any atom is -0.338 e. The van der Waals surface area contributed by atoms with Crippen LogP contribution in [0.25, 0.3) is 0 Å². The summed E-state index contributed by atoms with van der Waals surface area (Å²) >= 11 is 0. The van der Waals surface area contributed by atoms with Crippen LogP contribution in [0.3, 0.4) is 0 Å². The smallest absolute Gasteiger partial charge is 0.221 e. The maximum Gasteiger partial charge on any atom is 0.221 e. The summed E-state index contributed by atoms with van der Waals surface area (Å²) in [4.78, 5) is 11.5. The van der Waals surface area contributed by atoms with Gasteiger partial charge in [-0.2, -0.15) is 0 Å². The van der Waals surface area contributed by atoms with E-state index in [4.69, 9.17) is 0 Å². The zero-order valence-electron chi connectivity index (χ0n) is 23.3. The van der Waals surface area contributed by atoms with Crippen LogP contribution < -0.4 is 10.6 Å². The number of nitrogens with one attached hydrogen (secondary N) is 2. The van der Waals surface area contributed by atoms with Crippen molar-refractivity contribution >= 4 is 5.91 Å². The van der Waals surface area contributed by atoms with E-state index in [1.807, 2.05) is 0 Å². The minimum absolute atomic E-state index is 0.0517. The number of amides is 1. The third-order valence-electron chi connectivity index (χ3n) is 7.64. The normalized spacial score (nSPS) is 20.6. The average molecular weight is 477 g/mol. The highest BCUT2D eigenvalue weighted by molar-refractivity contribution is 5.72. The van der Waals surface area contributed by atoms with Gasteiger partial charge in [0.1, 0.15) is 6.20 Å². The van der Waals surface area contributed by atoms with Gasteiger partial charge in [-0.15, -0.1) is 0 Å². The molecule has 0 aromatic rings. The first kappa shape index (κ1) is 30.7. The third kappa shape index (κ3) is 13.0. The van der Waals surface area contributed by atoms with Crippen LogP contribution in [0.1, 0.15) is 143 Å². The molecule has 0 spiro atoms. The van der Waals surface area contributed by atoms with E-state index in [1.165, 1.54) is 109 Å². The highest BCUT2D eigenvalue weighted by Gasteiger charge is 2.41. The van der Waals surface area contributed by atoms with Gasteiger partial charge in [0.15, 0.2) is 12.3 Å². The van der Waals surface area contributed by atoms with Crippen LogP contribution in [-0.2, 0) is 4.79 Å². The van der Waals surface area contributed by atoms with Gasteiger partial charge >= 0.3 is 0 Å². The molecular formula is C30H58N3O+. The molecule has 1 aliphatic heterocycles. The molecule has 1 amide bonds. The van der Waals surface area contributed by atoms with Gasteiger partial charge in [-0.25, -0.2) is 0 Å². The van der Waals surface area contributed by atoms with Crippen LogP contribution in [0.15, 0.2) is 24.6 Å². The lowest BCUT2D eigenvalue weighted by Gasteiger charge is -2.41. The van der Waals surface area contributed by atoms with Gasteiger partial charge < -0.3 is 10.6 Å². The molecule has 1 aliphatic rings. The number of carbonyl (C=O) groups is 1. The number of nitrogens with zero attached hydrogens (tertiary/aromatic N) is 1. The molecule has 0 saturated carbocycles. The largest absolute Gasteiger partial charge is 0.338 e. The Bertz CT molecular complexity index is 559. The lowest BCUT2D eigenvalue weighted by atomic mass is 10.1. The van der Waals surface area contributed by atoms with E-state index in [1.54, 1.807) is 6.92 Å². The first-order valence-corrected chi connectivity index (χ1v) is 14.8. The predicted molar refractivity (Wildman–Crippen MR) is 148 cm³/mol. The molecule has 4 nitrogen and oxygen atoms in total. The van der Waals surface area contributed by atoms with Crippen molar-refractivity contribution in [1.29, 1.82) is 0 Å². The van der Waals surface area contributed by atoms with Gasteiger partial charge in [-0.3, -0.25) is 9.28 Å². The van der Waals surface area contributed by atoms with Crippen molar-refractivity contribution in [3.63, 3.8) is 0 Å². The molecule has 0 aliphatic carbocycles. The monoisotopic (exact) mass is 476 g/mol. The maximum atomic E-state index is 11.5. The van der Waals surface area contributed by atoms with Crippen LogP contribution in [0, 0.1) is 0 Å². The summed E-state index contributed by atoms with van der Waals surface area (Å²) in [6.45, 7) is 9.23. The molecule has 198 valence electrons. The molecule has 0 saturated heterocycles. The Balaban J connectivity index is 1.96. The van der Waals surface area contributed by atoms with Crippen LogP contribution in [-0.4, -0.2) is 29.3 Å². The van der Waals surface area contributed by atoms with Gasteiger partial charge in [-0.05, 0) is 39.0 Å². The number of hydrogen-bond donors (Lipinski definition) is 2. The molecule has 4 heteroatoms. The predicted octanol–water partition coefficient (Wildman–Crippen LogP) is 8.30. The van der Waals surface area contributed by atoms with Gasteiger partial charge in [0, 0.05) is 20.3 Å². The van der Waals surface area contributed by atoms with E-state index in [0.29, 0.717) is 6.17 Å². The Kier molecular flexibility index (Phi) is 18.0. The standard InChI is InChI=1S/C30H57N3O/c1-5-7-8-9-10-11-12-13-14-15-16-17-18-19-20-21-22-23-24-25-30-31-26-27-33(30,6-2)28(3)32-29(4)34/h16-17,26-28,30-31H,5-15,18-25H2,1-4H3/p+1/b17-16+. The number of unbranched alkanes of at least 4 members (excludes halogenated alkanes) is 15. The number of allylic oxidation sites excluding steroid dienone is 2. The second-order valence-corrected chi connectivity index (χ2v) is 10.5. The van der Waals surface area contributed by atoms with E-state index >= 15 is 0 Å². The van der Waals surface area contributed by atoms with Crippen LogP contribution in [0.2, 0.25) is 0 Å². The summed E-state index contributed by atoms with van der Waals surface area (Å²) in [5.41, 5.74) is 0. The van der Waals surface area contributed by atoms with Crippen molar-refractivity contribution in [1.82, 2.24) is 10.6 Å². The first-order valence-electron chi connectivity index (χ1n) is 14.8. The van der Waals surface area contributed by atoms with Gasteiger partial charge in [0.25, 0.3) is 0 Å². The topological polar surface area (TPSA) is 41.1 Å². The summed E-state index contributed by atoms with van der Waals surface area (Å²) in [5, 5.41) is 6.65. The second-order valence-electron chi connectivity index (χ2n) is 10.5. The van der Waals surface area contributed by atoms with E-state index in [0.717, 1.165) is 17.4 Å². The second kappa shape index (κ2) is 20.0. The zero-order valence-corrected chi connectivity index (χ0v) is 23.3. The highest BCUT2D eigenvalue weighted by atomic mass is 16.1. The van der Waals surface area contributed by atoms with Crippen LogP contribution in [0.5, 0.6) is 0 Å². The van der Waals surface area contributed by atoms with Crippen molar-refractivity contribution in [3.8, 4) is 0 Å². The van der Waals surface area contributed by atoms with Crippen molar-refractivity contribution in [3.05, 3.63) is 24.6 Å². The van der Waals surface area contributed by atoms with Crippen molar-refractivity contribution in [2.45, 2.75) is 156 Å². The molecule has 0 aromatic carbocycles. The molecule has 34 heavy (non-hydrogen) atoms. The van der Waals surface area contributed by atoms with Gasteiger partial charge in [0.05, 0.1) is 12.7 Å². The molecule has 3 atom stereocenters. The van der Waals surface area contributed by atoms with Gasteiger partial charge in [-0.1, -0.05) is 96.1 Å². The highest BCUT2D eigenvalue weighted by Crippen LogP contribution is 2.26. The zero-order chi connectivity index (χ0) is 24.9. The molecule has 0 aromatic heterocycles. The van der Waals surface area contributed by atoms with Crippen molar-refractivity contribution in [2.24, 2.45) is 0 Å². The summed E-state index contributed by atoms with van der Waals surface area (Å²) in [6.07, 6.45) is 34.0. The van der Waals surface area contributed by atoms with E-state index in [9.17, 15) is 4.79 Å². The fourth-order valence-corrected chi connectivity index (χ4v) is 5.39. The number of carbonyl (C=O) groups excluding carboxylic acids is 1. The summed E-state index contributed by atoms with van der Waals surface area (Å²) in [5.74, 6) is 0.0517. The van der Waals surface area contributed by atoms with Crippen molar-refractivity contribution < 1.29 is 9.28 Å². The summed E-state index contributed by atoms with van der Waals surface area (Å²) in [6, 6.07) is 0. The number of hydrogen-bond acceptors (Lipinski definition) is 2. The fraction of sp³-hybridized carbons (Fsp3) is 0.833. The van der Waals surface area contributed by atoms with Crippen LogP contribution >= 0.6 is 0 Å². The molecular weight excluding hydrogens is 418 g/mol. The fourth-order valence-electron chi connectivity index (χ4n) is 5.39. The Morgan fingerprint density at radius 2 is 1.35 bits per heavy atom. The molecule has 3 unspecified atom stereocenters. The Hall–Kier alpha value is -1.29. The number of rotatable bonds is 22. The van der Waals surface area contributed by atoms with E-state index in [2.05, 4.69) is 56.0 Å². The lowest BCUT2D eigenvalue weighted by molar-refractivity contribution is -0.923. The summed E-state index contributed by atoms with van der Waals surface area (Å²) < 4.78 is 0.810. The quantitative estimate of drug-likeness (QED) is 0.0937. The molecule has 0 radical (unpaired) electrons. The van der Waals surface area contributed by atoms with Crippen LogP contribution in [0.4, 0.5) is 0 Å². The van der Waals surface area contributed by atoms with E-state index in [-0.39, 0.29) is 12.1 Å². The lowest BCUT2D eigenvalue weighted by Crippen LogP contribution is -2.62. The number of quaternary nitrogens is 1. The molecule has 1 rings (SSSR count). The van der Waals surface area contributed by atoms with Gasteiger partial charge in [0.2, 0.25) is 5.91 Å². The Morgan fingerprint density at radius 1 is 0.853 bits per heavy atom. The Morgan fingerprint density at radius 3 is 1.85 bits per heavy atom. The van der Waals surface area contributed by atoms with Crippen molar-refractivity contribution in [2.75, 3.05) is 6.54 Å². The summed E-state index contributed by atoms with van der Waals surface area (Å²) in [7, 11) is 0.